The zero-order valence-corrected chi connectivity index (χ0v) is 9.98. The molecule has 1 aromatic rings. The van der Waals surface area contributed by atoms with Crippen LogP contribution in [0.25, 0.3) is 0 Å². The number of rotatable bonds is 3. The second-order valence-corrected chi connectivity index (χ2v) is 4.19. The first-order chi connectivity index (χ1) is 8.60. The van der Waals surface area contributed by atoms with Gasteiger partial charge in [0.1, 0.15) is 0 Å². The molecular weight excluding hydrogens is 239 g/mol. The molecule has 1 aromatic heterocycles. The predicted octanol–water partition coefficient (Wildman–Crippen LogP) is -0.0660. The highest BCUT2D eigenvalue weighted by Gasteiger charge is 2.23. The lowest BCUT2D eigenvalue weighted by Gasteiger charge is -2.30. The fourth-order valence-electron chi connectivity index (χ4n) is 1.86. The van der Waals surface area contributed by atoms with Crippen molar-refractivity contribution in [1.29, 1.82) is 0 Å². The average molecular weight is 254 g/mol. The van der Waals surface area contributed by atoms with Gasteiger partial charge in [-0.05, 0) is 6.42 Å². The van der Waals surface area contributed by atoms with Crippen LogP contribution in [0.2, 0.25) is 0 Å². The summed E-state index contributed by atoms with van der Waals surface area (Å²) in [6.45, 7) is 0.521. The minimum Gasteiger partial charge on any atom is -0.363 e. The van der Waals surface area contributed by atoms with Crippen molar-refractivity contribution in [3.05, 3.63) is 12.0 Å². The summed E-state index contributed by atoms with van der Waals surface area (Å²) in [5.41, 5.74) is 2.25. The minimum atomic E-state index is -0.548. The van der Waals surface area contributed by atoms with Crippen LogP contribution < -0.4 is 16.6 Å². The molecule has 7 nitrogen and oxygen atoms in total. The Hall–Kier alpha value is -1.96. The Morgan fingerprint density at radius 2 is 2.39 bits per heavy atom. The molecule has 98 valence electrons. The molecule has 0 aliphatic carbocycles. The van der Waals surface area contributed by atoms with Crippen LogP contribution in [-0.2, 0) is 4.79 Å². The highest BCUT2D eigenvalue weighted by atomic mass is 19.1. The van der Waals surface area contributed by atoms with E-state index in [0.717, 1.165) is 6.20 Å². The Morgan fingerprint density at radius 3 is 3.06 bits per heavy atom. The van der Waals surface area contributed by atoms with Crippen molar-refractivity contribution in [3.63, 3.8) is 0 Å². The van der Waals surface area contributed by atoms with Crippen molar-refractivity contribution in [2.75, 3.05) is 24.3 Å². The van der Waals surface area contributed by atoms with Crippen LogP contribution in [0.4, 0.5) is 16.2 Å². The largest absolute Gasteiger partial charge is 0.363 e. The van der Waals surface area contributed by atoms with E-state index in [0.29, 0.717) is 19.4 Å². The Kier molecular flexibility index (Phi) is 3.56. The van der Waals surface area contributed by atoms with Crippen molar-refractivity contribution < 1.29 is 9.18 Å². The summed E-state index contributed by atoms with van der Waals surface area (Å²) in [7, 11) is 1.72. The van der Waals surface area contributed by atoms with Crippen molar-refractivity contribution >= 4 is 17.7 Å². The third kappa shape index (κ3) is 2.65. The number of amides is 1. The van der Waals surface area contributed by atoms with E-state index in [4.69, 9.17) is 5.84 Å². The van der Waals surface area contributed by atoms with E-state index in [1.54, 1.807) is 11.9 Å². The molecule has 1 fully saturated rings. The van der Waals surface area contributed by atoms with Crippen molar-refractivity contribution in [2.24, 2.45) is 5.84 Å². The second-order valence-electron chi connectivity index (χ2n) is 4.19. The molecule has 8 heteroatoms. The summed E-state index contributed by atoms with van der Waals surface area (Å²) >= 11 is 0. The normalized spacial score (nSPS) is 19.8. The summed E-state index contributed by atoms with van der Waals surface area (Å²) < 4.78 is 13.5. The molecule has 18 heavy (non-hydrogen) atoms. The number of hydrogen-bond donors (Lipinski definition) is 3. The number of carbonyl (C=O) groups excluding carboxylic acids is 1. The van der Waals surface area contributed by atoms with Gasteiger partial charge in [-0.1, -0.05) is 0 Å². The van der Waals surface area contributed by atoms with Crippen LogP contribution in [0.1, 0.15) is 12.8 Å². The summed E-state index contributed by atoms with van der Waals surface area (Å²) in [5, 5.41) is 2.96. The average Bonchev–Trinajstić information content (AvgIpc) is 2.36. The van der Waals surface area contributed by atoms with E-state index >= 15 is 0 Å². The van der Waals surface area contributed by atoms with Crippen molar-refractivity contribution in [2.45, 2.75) is 18.9 Å². The van der Waals surface area contributed by atoms with Crippen LogP contribution in [0.15, 0.2) is 6.20 Å². The molecule has 2 heterocycles. The maximum Gasteiger partial charge on any atom is 0.239 e. The SMILES string of the molecule is CN1CC(Nc2nc(NN)ncc2F)CCC1=O. The number of hydrazine groups is 1. The van der Waals surface area contributed by atoms with Crippen LogP contribution in [0.3, 0.4) is 0 Å². The monoisotopic (exact) mass is 254 g/mol. The number of likely N-dealkylation sites (tertiary alicyclic amines) is 1. The van der Waals surface area contributed by atoms with Gasteiger partial charge in [0.25, 0.3) is 0 Å². The number of nitrogens with two attached hydrogens (primary N) is 1. The first kappa shape index (κ1) is 12.5. The fourth-order valence-corrected chi connectivity index (χ4v) is 1.86. The summed E-state index contributed by atoms with van der Waals surface area (Å²) in [4.78, 5) is 20.5. The van der Waals surface area contributed by atoms with Gasteiger partial charge in [-0.15, -0.1) is 0 Å². The van der Waals surface area contributed by atoms with E-state index in [1.807, 2.05) is 0 Å². The van der Waals surface area contributed by atoms with E-state index < -0.39 is 5.82 Å². The van der Waals surface area contributed by atoms with Gasteiger partial charge < -0.3 is 10.2 Å². The maximum atomic E-state index is 13.5. The number of nitrogens with zero attached hydrogens (tertiary/aromatic N) is 3. The lowest BCUT2D eigenvalue weighted by Crippen LogP contribution is -2.43. The van der Waals surface area contributed by atoms with Crippen molar-refractivity contribution in [1.82, 2.24) is 14.9 Å². The van der Waals surface area contributed by atoms with E-state index in [-0.39, 0.29) is 23.7 Å². The Balaban J connectivity index is 2.07. The summed E-state index contributed by atoms with van der Waals surface area (Å²) in [6, 6.07) is -0.0253. The smallest absolute Gasteiger partial charge is 0.239 e. The summed E-state index contributed by atoms with van der Waals surface area (Å²) in [6.07, 6.45) is 2.14. The molecule has 0 spiro atoms. The van der Waals surface area contributed by atoms with Crippen LogP contribution in [-0.4, -0.2) is 40.4 Å². The third-order valence-electron chi connectivity index (χ3n) is 2.84. The molecule has 0 bridgehead atoms. The molecule has 1 unspecified atom stereocenters. The molecule has 0 radical (unpaired) electrons. The number of aromatic nitrogens is 2. The predicted molar refractivity (Wildman–Crippen MR) is 64.1 cm³/mol. The number of hydrogen-bond acceptors (Lipinski definition) is 6. The lowest BCUT2D eigenvalue weighted by atomic mass is 10.1. The Bertz CT molecular complexity index is 454. The molecule has 0 saturated carbocycles. The minimum absolute atomic E-state index is 0.0253. The highest BCUT2D eigenvalue weighted by Crippen LogP contribution is 2.17. The molecule has 4 N–H and O–H groups in total. The maximum absolute atomic E-state index is 13.5. The number of nitrogen functional groups attached to an aromatic ring is 1. The number of anilines is 2. The third-order valence-corrected chi connectivity index (χ3v) is 2.84. The van der Waals surface area contributed by atoms with Crippen molar-refractivity contribution in [3.8, 4) is 0 Å². The molecule has 0 aromatic carbocycles. The van der Waals surface area contributed by atoms with Gasteiger partial charge >= 0.3 is 0 Å². The van der Waals surface area contributed by atoms with Crippen LogP contribution in [0.5, 0.6) is 0 Å². The van der Waals surface area contributed by atoms with Crippen LogP contribution in [0, 0.1) is 5.82 Å². The molecule has 1 amide bonds. The first-order valence-corrected chi connectivity index (χ1v) is 5.60. The molecule has 1 aliphatic rings. The first-order valence-electron chi connectivity index (χ1n) is 5.60. The van der Waals surface area contributed by atoms with E-state index in [2.05, 4.69) is 20.7 Å². The van der Waals surface area contributed by atoms with Crippen LogP contribution >= 0.6 is 0 Å². The molecule has 1 atom stereocenters. The van der Waals surface area contributed by atoms with E-state index in [1.165, 1.54) is 0 Å². The lowest BCUT2D eigenvalue weighted by molar-refractivity contribution is -0.132. The molecule has 1 aliphatic heterocycles. The Morgan fingerprint density at radius 1 is 1.61 bits per heavy atom. The van der Waals surface area contributed by atoms with Gasteiger partial charge in [0, 0.05) is 26.1 Å². The Labute approximate surface area is 104 Å². The van der Waals surface area contributed by atoms with Gasteiger partial charge in [-0.3, -0.25) is 10.2 Å². The quantitative estimate of drug-likeness (QED) is 0.516. The molecule has 2 rings (SSSR count). The number of likely N-dealkylation sites (N-methyl/N-ethyl adjacent to an activating group) is 1. The topological polar surface area (TPSA) is 96.2 Å². The molecule has 1 saturated heterocycles. The van der Waals surface area contributed by atoms with Gasteiger partial charge in [-0.25, -0.2) is 15.2 Å². The zero-order chi connectivity index (χ0) is 13.1. The number of piperidine rings is 1. The number of nitrogens with one attached hydrogen (secondary N) is 2. The van der Waals surface area contributed by atoms with Gasteiger partial charge in [0.05, 0.1) is 6.20 Å². The van der Waals surface area contributed by atoms with Gasteiger partial charge in [0.15, 0.2) is 11.6 Å². The van der Waals surface area contributed by atoms with E-state index in [9.17, 15) is 9.18 Å². The standard InChI is InChI=1S/C10H15FN6O/c1-17-5-6(2-3-8(17)18)14-9-7(11)4-13-10(15-9)16-12/h4,6H,2-3,5,12H2,1H3,(H2,13,14,15,16). The van der Waals surface area contributed by atoms with Gasteiger partial charge in [-0.2, -0.15) is 4.98 Å². The fraction of sp³-hybridized carbons (Fsp3) is 0.500. The molecular formula is C10H15FN6O. The highest BCUT2D eigenvalue weighted by molar-refractivity contribution is 5.77. The van der Waals surface area contributed by atoms with Gasteiger partial charge in [0.2, 0.25) is 11.9 Å². The second kappa shape index (κ2) is 5.13. The number of halogens is 1. The number of carbonyl (C=O) groups is 1. The zero-order valence-electron chi connectivity index (χ0n) is 9.98. The summed E-state index contributed by atoms with van der Waals surface area (Å²) in [5.74, 6) is 4.94.